The van der Waals surface area contributed by atoms with Crippen molar-refractivity contribution in [1.29, 1.82) is 5.26 Å². The third-order valence-electron chi connectivity index (χ3n) is 2.83. The smallest absolute Gasteiger partial charge is 0.195 e. The Bertz CT molecular complexity index is 608. The van der Waals surface area contributed by atoms with Crippen LogP contribution in [0.4, 0.5) is 0 Å². The zero-order valence-corrected chi connectivity index (χ0v) is 12.8. The van der Waals surface area contributed by atoms with Gasteiger partial charge in [0.25, 0.3) is 0 Å². The van der Waals surface area contributed by atoms with Crippen LogP contribution in [0, 0.1) is 17.2 Å². The Morgan fingerprint density at radius 1 is 1.30 bits per heavy atom. The highest BCUT2D eigenvalue weighted by molar-refractivity contribution is 7.12. The summed E-state index contributed by atoms with van der Waals surface area (Å²) in [6.45, 7) is 6.98. The van der Waals surface area contributed by atoms with E-state index in [0.29, 0.717) is 17.5 Å². The highest BCUT2D eigenvalue weighted by Crippen LogP contribution is 2.31. The number of hydrogen-bond donors (Lipinski definition) is 0. The van der Waals surface area contributed by atoms with Crippen LogP contribution < -0.4 is 4.74 Å². The lowest BCUT2D eigenvalue weighted by atomic mass is 10.0. The summed E-state index contributed by atoms with van der Waals surface area (Å²) in [4.78, 5) is 5.63. The van der Waals surface area contributed by atoms with Crippen molar-refractivity contribution in [3.8, 4) is 23.1 Å². The van der Waals surface area contributed by atoms with E-state index in [2.05, 4.69) is 24.9 Å². The maximum Gasteiger partial charge on any atom is 0.195 e. The fraction of sp³-hybridized carbons (Fsp3) is 0.375. The van der Waals surface area contributed by atoms with Crippen LogP contribution in [0.5, 0.6) is 5.75 Å². The molecule has 0 amide bonds. The summed E-state index contributed by atoms with van der Waals surface area (Å²) in [5, 5.41) is 9.58. The Hall–Kier alpha value is -1.86. The Kier molecular flexibility index (Phi) is 4.75. The van der Waals surface area contributed by atoms with Gasteiger partial charge >= 0.3 is 0 Å². The van der Waals surface area contributed by atoms with Gasteiger partial charge in [0, 0.05) is 10.4 Å². The Morgan fingerprint density at radius 2 is 2.00 bits per heavy atom. The van der Waals surface area contributed by atoms with Gasteiger partial charge in [0.2, 0.25) is 0 Å². The minimum absolute atomic E-state index is 0.532. The predicted molar refractivity (Wildman–Crippen MR) is 82.0 cm³/mol. The zero-order valence-electron chi connectivity index (χ0n) is 12.0. The molecule has 0 unspecified atom stereocenters. The van der Waals surface area contributed by atoms with Gasteiger partial charge in [-0.3, -0.25) is 0 Å². The number of rotatable bonds is 5. The van der Waals surface area contributed by atoms with Gasteiger partial charge in [-0.05, 0) is 43.5 Å². The van der Waals surface area contributed by atoms with Gasteiger partial charge < -0.3 is 4.74 Å². The summed E-state index contributed by atoms with van der Waals surface area (Å²) in [5.41, 5.74) is 1.98. The van der Waals surface area contributed by atoms with Crippen LogP contribution in [0.25, 0.3) is 11.3 Å². The van der Waals surface area contributed by atoms with E-state index < -0.39 is 0 Å². The molecule has 0 saturated carbocycles. The third kappa shape index (κ3) is 3.37. The maximum atomic E-state index is 9.05. The molecular weight excluding hydrogens is 268 g/mol. The molecule has 4 heteroatoms. The monoisotopic (exact) mass is 286 g/mol. The molecule has 1 aromatic carbocycles. The average molecular weight is 286 g/mol. The molecule has 0 N–H and O–H groups in total. The molecule has 20 heavy (non-hydrogen) atoms. The van der Waals surface area contributed by atoms with Crippen LogP contribution in [0.1, 0.15) is 30.7 Å². The molecule has 0 spiro atoms. The van der Waals surface area contributed by atoms with Crippen LogP contribution in [0.15, 0.2) is 24.3 Å². The molecule has 0 bridgehead atoms. The van der Waals surface area contributed by atoms with E-state index in [-0.39, 0.29) is 0 Å². The lowest BCUT2D eigenvalue weighted by molar-refractivity contribution is 0.340. The minimum atomic E-state index is 0.532. The largest absolute Gasteiger partial charge is 0.494 e. The molecule has 2 rings (SSSR count). The number of benzene rings is 1. The fourth-order valence-corrected chi connectivity index (χ4v) is 3.10. The summed E-state index contributed by atoms with van der Waals surface area (Å²) >= 11 is 1.49. The molecule has 1 heterocycles. The summed E-state index contributed by atoms with van der Waals surface area (Å²) in [5.74, 6) is 1.40. The quantitative estimate of drug-likeness (QED) is 0.824. The predicted octanol–water partition coefficient (Wildman–Crippen LogP) is 4.28. The van der Waals surface area contributed by atoms with Gasteiger partial charge in [-0.15, -0.1) is 11.3 Å². The first kappa shape index (κ1) is 14.5. The number of nitrogens with zero attached hydrogens (tertiary/aromatic N) is 2. The Balaban J connectivity index is 2.35. The molecule has 1 aromatic heterocycles. The first-order valence-electron chi connectivity index (χ1n) is 6.77. The van der Waals surface area contributed by atoms with Crippen molar-refractivity contribution in [2.24, 2.45) is 5.92 Å². The zero-order chi connectivity index (χ0) is 14.5. The molecule has 0 fully saturated rings. The van der Waals surface area contributed by atoms with Crippen molar-refractivity contribution in [2.45, 2.75) is 27.2 Å². The van der Waals surface area contributed by atoms with Crippen LogP contribution in [-0.4, -0.2) is 11.6 Å². The van der Waals surface area contributed by atoms with E-state index in [1.54, 1.807) is 0 Å². The number of thiazole rings is 1. The minimum Gasteiger partial charge on any atom is -0.494 e. The summed E-state index contributed by atoms with van der Waals surface area (Å²) < 4.78 is 5.45. The number of nitriles is 1. The molecular formula is C16H18N2OS. The van der Waals surface area contributed by atoms with E-state index in [9.17, 15) is 0 Å². The van der Waals surface area contributed by atoms with E-state index in [4.69, 9.17) is 10.00 Å². The third-order valence-corrected chi connectivity index (χ3v) is 3.81. The molecule has 104 valence electrons. The van der Waals surface area contributed by atoms with Gasteiger partial charge in [-0.1, -0.05) is 13.8 Å². The van der Waals surface area contributed by atoms with Gasteiger partial charge in [0.15, 0.2) is 5.01 Å². The first-order valence-corrected chi connectivity index (χ1v) is 7.58. The molecule has 0 saturated heterocycles. The van der Waals surface area contributed by atoms with Gasteiger partial charge in [0.05, 0.1) is 12.3 Å². The second-order valence-electron chi connectivity index (χ2n) is 4.96. The van der Waals surface area contributed by atoms with Crippen molar-refractivity contribution < 1.29 is 4.74 Å². The van der Waals surface area contributed by atoms with Crippen molar-refractivity contribution in [2.75, 3.05) is 6.61 Å². The maximum absolute atomic E-state index is 9.05. The molecule has 0 aliphatic carbocycles. The molecule has 0 aliphatic heterocycles. The van der Waals surface area contributed by atoms with Crippen LogP contribution in [0.3, 0.4) is 0 Å². The van der Waals surface area contributed by atoms with Crippen molar-refractivity contribution in [3.63, 3.8) is 0 Å². The summed E-state index contributed by atoms with van der Waals surface area (Å²) in [7, 11) is 0. The van der Waals surface area contributed by atoms with Crippen molar-refractivity contribution in [3.05, 3.63) is 34.2 Å². The van der Waals surface area contributed by atoms with Crippen LogP contribution in [0.2, 0.25) is 0 Å². The van der Waals surface area contributed by atoms with Crippen LogP contribution >= 0.6 is 11.3 Å². The highest BCUT2D eigenvalue weighted by Gasteiger charge is 2.14. The van der Waals surface area contributed by atoms with Crippen molar-refractivity contribution in [1.82, 2.24) is 4.98 Å². The molecule has 0 aliphatic rings. The van der Waals surface area contributed by atoms with Gasteiger partial charge in [0.1, 0.15) is 11.8 Å². The van der Waals surface area contributed by atoms with Gasteiger partial charge in [-0.25, -0.2) is 4.98 Å². The summed E-state index contributed by atoms with van der Waals surface area (Å²) in [6, 6.07) is 10.1. The fourth-order valence-electron chi connectivity index (χ4n) is 2.01. The summed E-state index contributed by atoms with van der Waals surface area (Å²) in [6.07, 6.45) is 0.946. The lowest BCUT2D eigenvalue weighted by Crippen LogP contribution is -1.94. The highest BCUT2D eigenvalue weighted by atomic mass is 32.1. The topological polar surface area (TPSA) is 45.9 Å². The van der Waals surface area contributed by atoms with E-state index in [0.717, 1.165) is 23.4 Å². The molecule has 2 aromatic rings. The standard InChI is InChI=1S/C16H18N2OS/c1-4-19-13-7-5-12(6-8-13)16-14(9-11(2)3)20-15(10-17)18-16/h5-8,11H,4,9H2,1-3H3. The normalized spacial score (nSPS) is 10.6. The first-order chi connectivity index (χ1) is 9.63. The Morgan fingerprint density at radius 3 is 2.55 bits per heavy atom. The number of aromatic nitrogens is 1. The second kappa shape index (κ2) is 6.53. The Labute approximate surface area is 123 Å². The number of ether oxygens (including phenoxy) is 1. The molecule has 0 atom stereocenters. The average Bonchev–Trinajstić information content (AvgIpc) is 2.82. The van der Waals surface area contributed by atoms with Gasteiger partial charge in [-0.2, -0.15) is 5.26 Å². The second-order valence-corrected chi connectivity index (χ2v) is 6.04. The SMILES string of the molecule is CCOc1ccc(-c2nc(C#N)sc2CC(C)C)cc1. The lowest BCUT2D eigenvalue weighted by Gasteiger charge is -2.06. The molecule has 0 radical (unpaired) electrons. The van der Waals surface area contributed by atoms with E-state index >= 15 is 0 Å². The van der Waals surface area contributed by atoms with E-state index in [1.807, 2.05) is 31.2 Å². The molecule has 3 nitrogen and oxygen atoms in total. The van der Waals surface area contributed by atoms with E-state index in [1.165, 1.54) is 16.2 Å². The van der Waals surface area contributed by atoms with Crippen LogP contribution in [-0.2, 0) is 6.42 Å². The van der Waals surface area contributed by atoms with Crippen molar-refractivity contribution >= 4 is 11.3 Å². The number of hydrogen-bond acceptors (Lipinski definition) is 4.